The summed E-state index contributed by atoms with van der Waals surface area (Å²) in [5.74, 6) is 0.469. The van der Waals surface area contributed by atoms with Crippen molar-refractivity contribution in [2.45, 2.75) is 20.8 Å². The molecule has 0 radical (unpaired) electrons. The number of aromatic nitrogens is 1. The van der Waals surface area contributed by atoms with Gasteiger partial charge in [0.1, 0.15) is 11.4 Å². The van der Waals surface area contributed by atoms with Crippen LogP contribution in [0.25, 0.3) is 0 Å². The van der Waals surface area contributed by atoms with Gasteiger partial charge in [-0.3, -0.25) is 0 Å². The molecule has 0 fully saturated rings. The molecule has 1 heterocycles. The molecule has 0 saturated carbocycles. The van der Waals surface area contributed by atoms with Gasteiger partial charge in [-0.2, -0.15) is 0 Å². The first-order chi connectivity index (χ1) is 8.97. The number of hydrogen-bond acceptors (Lipinski definition) is 4. The molecule has 0 bridgehead atoms. The Morgan fingerprint density at radius 2 is 1.79 bits per heavy atom. The lowest BCUT2D eigenvalue weighted by Gasteiger charge is -2.03. The number of hydrogen-bond donors (Lipinski definition) is 1. The summed E-state index contributed by atoms with van der Waals surface area (Å²) in [7, 11) is 0. The Morgan fingerprint density at radius 1 is 1.05 bits per heavy atom. The van der Waals surface area contributed by atoms with E-state index in [1.165, 1.54) is 6.20 Å². The molecule has 1 aromatic heterocycles. The third-order valence-corrected chi connectivity index (χ3v) is 2.83. The van der Waals surface area contributed by atoms with Crippen molar-refractivity contribution in [2.75, 3.05) is 0 Å². The first-order valence-corrected chi connectivity index (χ1v) is 5.89. The lowest BCUT2D eigenvalue weighted by atomic mass is 10.1. The van der Waals surface area contributed by atoms with Crippen molar-refractivity contribution in [3.05, 3.63) is 52.4 Å². The van der Waals surface area contributed by atoms with Crippen molar-refractivity contribution in [1.82, 2.24) is 0 Å². The van der Waals surface area contributed by atoms with Gasteiger partial charge in [-0.1, -0.05) is 0 Å². The minimum Gasteiger partial charge on any atom is -0.710 e. The number of phenolic OH excluding ortho intramolecular Hbond substituents is 1. The molecular formula is C14H15N3O2. The smallest absolute Gasteiger partial charge is 0.353 e. The number of aryl methyl sites for hydroxylation is 3. The van der Waals surface area contributed by atoms with Crippen LogP contribution in [-0.2, 0) is 0 Å². The van der Waals surface area contributed by atoms with E-state index in [2.05, 4.69) is 10.2 Å². The standard InChI is InChI=1S/C14H15N3O2/c1-9-4-5-17(19)14(6-9)16-15-12-7-11(3)13(18)8-10(12)2/h4-8,18H,1-3H3. The highest BCUT2D eigenvalue weighted by atomic mass is 16.5. The highest BCUT2D eigenvalue weighted by Gasteiger charge is 2.07. The van der Waals surface area contributed by atoms with E-state index in [9.17, 15) is 10.3 Å². The monoisotopic (exact) mass is 257 g/mol. The van der Waals surface area contributed by atoms with E-state index >= 15 is 0 Å². The highest BCUT2D eigenvalue weighted by Crippen LogP contribution is 2.28. The van der Waals surface area contributed by atoms with Crippen molar-refractivity contribution in [3.63, 3.8) is 0 Å². The van der Waals surface area contributed by atoms with Crippen molar-refractivity contribution in [1.29, 1.82) is 0 Å². The van der Waals surface area contributed by atoms with Crippen LogP contribution in [0, 0.1) is 26.0 Å². The van der Waals surface area contributed by atoms with Crippen LogP contribution in [-0.4, -0.2) is 5.11 Å². The maximum absolute atomic E-state index is 11.5. The lowest BCUT2D eigenvalue weighted by Crippen LogP contribution is -2.25. The summed E-state index contributed by atoms with van der Waals surface area (Å²) in [6.45, 7) is 5.50. The minimum atomic E-state index is 0.228. The number of azo groups is 1. The van der Waals surface area contributed by atoms with Crippen LogP contribution in [0.1, 0.15) is 16.7 Å². The second-order valence-electron chi connectivity index (χ2n) is 4.51. The van der Waals surface area contributed by atoms with Gasteiger partial charge in [0, 0.05) is 6.07 Å². The van der Waals surface area contributed by atoms with Crippen molar-refractivity contribution in [2.24, 2.45) is 10.2 Å². The summed E-state index contributed by atoms with van der Waals surface area (Å²) in [5.41, 5.74) is 3.10. The number of pyridine rings is 1. The zero-order chi connectivity index (χ0) is 14.0. The number of benzene rings is 1. The second-order valence-corrected chi connectivity index (χ2v) is 4.51. The Hall–Kier alpha value is -2.43. The van der Waals surface area contributed by atoms with Crippen LogP contribution >= 0.6 is 0 Å². The summed E-state index contributed by atoms with van der Waals surface area (Å²) in [6.07, 6.45) is 1.40. The summed E-state index contributed by atoms with van der Waals surface area (Å²) < 4.78 is 0.666. The van der Waals surface area contributed by atoms with Crippen molar-refractivity contribution in [3.8, 4) is 5.75 Å². The fraction of sp³-hybridized carbons (Fsp3) is 0.214. The van der Waals surface area contributed by atoms with E-state index < -0.39 is 0 Å². The molecule has 0 aliphatic carbocycles. The molecule has 1 N–H and O–H groups in total. The molecular weight excluding hydrogens is 242 g/mol. The average Bonchev–Trinajstić information content (AvgIpc) is 2.36. The van der Waals surface area contributed by atoms with Gasteiger partial charge in [-0.15, -0.1) is 0 Å². The normalized spacial score (nSPS) is 11.1. The van der Waals surface area contributed by atoms with Gasteiger partial charge < -0.3 is 10.3 Å². The molecule has 0 spiro atoms. The molecule has 0 atom stereocenters. The third kappa shape index (κ3) is 2.88. The summed E-state index contributed by atoms with van der Waals surface area (Å²) in [4.78, 5) is 0. The lowest BCUT2D eigenvalue weighted by molar-refractivity contribution is -0.591. The van der Waals surface area contributed by atoms with Crippen LogP contribution in [0.2, 0.25) is 0 Å². The Labute approximate surface area is 111 Å². The van der Waals surface area contributed by atoms with Gasteiger partial charge in [0.25, 0.3) is 0 Å². The molecule has 0 aliphatic rings. The summed E-state index contributed by atoms with van der Waals surface area (Å²) in [5, 5.41) is 29.1. The predicted molar refractivity (Wildman–Crippen MR) is 71.9 cm³/mol. The van der Waals surface area contributed by atoms with E-state index in [1.807, 2.05) is 13.8 Å². The SMILES string of the molecule is Cc1cc[n+]([O-])c(N=Nc2cc(C)c(O)cc2C)c1. The fourth-order valence-electron chi connectivity index (χ4n) is 1.65. The van der Waals surface area contributed by atoms with Crippen molar-refractivity contribution >= 4 is 11.5 Å². The van der Waals surface area contributed by atoms with E-state index in [0.717, 1.165) is 16.7 Å². The first kappa shape index (κ1) is 13.0. The Morgan fingerprint density at radius 3 is 2.53 bits per heavy atom. The van der Waals surface area contributed by atoms with E-state index in [-0.39, 0.29) is 11.6 Å². The highest BCUT2D eigenvalue weighted by molar-refractivity contribution is 5.52. The Balaban J connectivity index is 2.38. The molecule has 5 nitrogen and oxygen atoms in total. The second kappa shape index (κ2) is 5.06. The maximum atomic E-state index is 11.5. The number of phenols is 1. The first-order valence-electron chi connectivity index (χ1n) is 5.89. The molecule has 5 heteroatoms. The zero-order valence-corrected chi connectivity index (χ0v) is 11.1. The van der Waals surface area contributed by atoms with Crippen LogP contribution < -0.4 is 4.73 Å². The zero-order valence-electron chi connectivity index (χ0n) is 11.1. The van der Waals surface area contributed by atoms with E-state index in [1.54, 1.807) is 31.2 Å². The average molecular weight is 257 g/mol. The molecule has 19 heavy (non-hydrogen) atoms. The van der Waals surface area contributed by atoms with E-state index in [4.69, 9.17) is 0 Å². The summed E-state index contributed by atoms with van der Waals surface area (Å²) in [6, 6.07) is 6.74. The quantitative estimate of drug-likeness (QED) is 0.509. The molecule has 2 rings (SSSR count). The molecule has 2 aromatic rings. The largest absolute Gasteiger partial charge is 0.710 e. The van der Waals surface area contributed by atoms with Gasteiger partial charge in [0.15, 0.2) is 0 Å². The van der Waals surface area contributed by atoms with E-state index in [0.29, 0.717) is 10.4 Å². The molecule has 0 amide bonds. The van der Waals surface area contributed by atoms with Crippen LogP contribution in [0.5, 0.6) is 5.75 Å². The van der Waals surface area contributed by atoms with Gasteiger partial charge in [0.2, 0.25) is 0 Å². The predicted octanol–water partition coefficient (Wildman–Crippen LogP) is 3.37. The molecule has 0 unspecified atom stereocenters. The van der Waals surface area contributed by atoms with Crippen LogP contribution in [0.15, 0.2) is 40.7 Å². The van der Waals surface area contributed by atoms with Gasteiger partial charge in [0.05, 0.1) is 11.3 Å². The number of aromatic hydroxyl groups is 1. The van der Waals surface area contributed by atoms with Gasteiger partial charge in [-0.05, 0) is 60.8 Å². The van der Waals surface area contributed by atoms with Crippen molar-refractivity contribution < 1.29 is 9.84 Å². The fourth-order valence-corrected chi connectivity index (χ4v) is 1.65. The Kier molecular flexibility index (Phi) is 3.46. The maximum Gasteiger partial charge on any atom is 0.353 e. The van der Waals surface area contributed by atoms with Crippen LogP contribution in [0.3, 0.4) is 0 Å². The van der Waals surface area contributed by atoms with Gasteiger partial charge >= 0.3 is 5.82 Å². The summed E-state index contributed by atoms with van der Waals surface area (Å²) >= 11 is 0. The minimum absolute atomic E-state index is 0.228. The Bertz CT molecular complexity index is 651. The molecule has 0 saturated heterocycles. The molecule has 98 valence electrons. The molecule has 1 aromatic carbocycles. The number of rotatable bonds is 2. The van der Waals surface area contributed by atoms with Crippen LogP contribution in [0.4, 0.5) is 11.5 Å². The topological polar surface area (TPSA) is 71.9 Å². The van der Waals surface area contributed by atoms with Gasteiger partial charge in [-0.25, -0.2) is 4.73 Å². The molecule has 0 aliphatic heterocycles. The number of nitrogens with zero attached hydrogens (tertiary/aromatic N) is 3. The third-order valence-electron chi connectivity index (χ3n) is 2.83.